The van der Waals surface area contributed by atoms with Crippen molar-refractivity contribution in [2.45, 2.75) is 32.7 Å². The van der Waals surface area contributed by atoms with E-state index in [9.17, 15) is 24.0 Å². The summed E-state index contributed by atoms with van der Waals surface area (Å²) in [6.07, 6.45) is 1.94. The Balaban J connectivity index is 1.30. The quantitative estimate of drug-likeness (QED) is 0.602. The summed E-state index contributed by atoms with van der Waals surface area (Å²) < 4.78 is 1.45. The Morgan fingerprint density at radius 1 is 0.938 bits per heavy atom. The number of piperazine rings is 1. The number of carbonyl (C=O) groups is 4. The van der Waals surface area contributed by atoms with Crippen LogP contribution in [0.2, 0.25) is 0 Å². The van der Waals surface area contributed by atoms with Crippen LogP contribution in [0.5, 0.6) is 0 Å². The van der Waals surface area contributed by atoms with Crippen molar-refractivity contribution in [3.05, 3.63) is 40.4 Å². The molecule has 32 heavy (non-hydrogen) atoms. The summed E-state index contributed by atoms with van der Waals surface area (Å²) in [5, 5.41) is 0.530. The largest absolute Gasteiger partial charge is 0.339 e. The van der Waals surface area contributed by atoms with E-state index in [1.807, 2.05) is 19.1 Å². The molecule has 2 saturated heterocycles. The second-order valence-corrected chi connectivity index (χ2v) is 8.10. The van der Waals surface area contributed by atoms with Crippen molar-refractivity contribution in [1.29, 1.82) is 0 Å². The maximum atomic E-state index is 12.7. The van der Waals surface area contributed by atoms with Crippen LogP contribution < -0.4 is 5.56 Å². The molecule has 168 valence electrons. The molecule has 0 bridgehead atoms. The monoisotopic (exact) mass is 439 g/mol. The molecule has 2 aliphatic heterocycles. The lowest BCUT2D eigenvalue weighted by Gasteiger charge is -2.35. The van der Waals surface area contributed by atoms with E-state index in [0.717, 1.165) is 10.5 Å². The van der Waals surface area contributed by atoms with E-state index >= 15 is 0 Å². The number of carbonyl (C=O) groups excluding carboxylic acids is 4. The lowest BCUT2D eigenvalue weighted by molar-refractivity contribution is -0.147. The van der Waals surface area contributed by atoms with Gasteiger partial charge in [-0.25, -0.2) is 4.98 Å². The minimum absolute atomic E-state index is 0.0989. The summed E-state index contributed by atoms with van der Waals surface area (Å²) in [5.74, 6) is -1.01. The van der Waals surface area contributed by atoms with E-state index in [1.54, 1.807) is 15.9 Å². The van der Waals surface area contributed by atoms with Gasteiger partial charge in [-0.2, -0.15) is 0 Å². The zero-order valence-electron chi connectivity index (χ0n) is 18.0. The van der Waals surface area contributed by atoms with Crippen molar-refractivity contribution in [1.82, 2.24) is 24.3 Å². The number of nitrogens with zero attached hydrogens (tertiary/aromatic N) is 5. The fraction of sp³-hybridized carbons (Fsp3) is 0.455. The van der Waals surface area contributed by atoms with Gasteiger partial charge in [0.1, 0.15) is 6.54 Å². The molecule has 0 aliphatic carbocycles. The van der Waals surface area contributed by atoms with Gasteiger partial charge in [0.05, 0.1) is 17.2 Å². The predicted molar refractivity (Wildman–Crippen MR) is 114 cm³/mol. The summed E-state index contributed by atoms with van der Waals surface area (Å²) in [5.41, 5.74) is 1.42. The van der Waals surface area contributed by atoms with Gasteiger partial charge in [0, 0.05) is 52.0 Å². The maximum absolute atomic E-state index is 12.7. The van der Waals surface area contributed by atoms with Crippen LogP contribution in [-0.2, 0) is 25.7 Å². The Kier molecular flexibility index (Phi) is 6.02. The van der Waals surface area contributed by atoms with Crippen molar-refractivity contribution in [3.63, 3.8) is 0 Å². The van der Waals surface area contributed by atoms with E-state index < -0.39 is 0 Å². The molecule has 2 fully saturated rings. The second-order valence-electron chi connectivity index (χ2n) is 8.10. The minimum atomic E-state index is -0.314. The predicted octanol–water partition coefficient (Wildman–Crippen LogP) is -0.0852. The topological polar surface area (TPSA) is 113 Å². The highest BCUT2D eigenvalue weighted by Gasteiger charge is 2.33. The zero-order valence-corrected chi connectivity index (χ0v) is 18.0. The average Bonchev–Trinajstić information content (AvgIpc) is 3.11. The highest BCUT2D eigenvalue weighted by molar-refractivity contribution is 6.04. The van der Waals surface area contributed by atoms with Crippen LogP contribution in [0.3, 0.4) is 0 Å². The summed E-state index contributed by atoms with van der Waals surface area (Å²) in [6.45, 7) is 3.33. The van der Waals surface area contributed by atoms with Gasteiger partial charge in [-0.1, -0.05) is 12.1 Å². The summed E-state index contributed by atoms with van der Waals surface area (Å²) in [6, 6.07) is 5.44. The van der Waals surface area contributed by atoms with Gasteiger partial charge >= 0.3 is 0 Å². The average molecular weight is 439 g/mol. The first kappa shape index (κ1) is 21.7. The third kappa shape index (κ3) is 4.25. The van der Waals surface area contributed by atoms with Crippen LogP contribution >= 0.6 is 0 Å². The normalized spacial score (nSPS) is 16.8. The molecule has 4 rings (SSSR count). The Bertz CT molecular complexity index is 1130. The molecule has 0 atom stereocenters. The van der Waals surface area contributed by atoms with Crippen LogP contribution in [-0.4, -0.2) is 80.6 Å². The van der Waals surface area contributed by atoms with Crippen molar-refractivity contribution < 1.29 is 19.2 Å². The standard InChI is InChI=1S/C22H25N5O5/c1-15-3-2-4-16-21(15)23-14-26(22(16)32)8-7-17(28)24-9-11-25(12-10-24)20(31)13-27-18(29)5-6-19(27)30/h2-4,14H,5-13H2,1H3. The van der Waals surface area contributed by atoms with Gasteiger partial charge < -0.3 is 9.80 Å². The molecule has 2 aromatic rings. The molecule has 1 aromatic heterocycles. The van der Waals surface area contributed by atoms with Crippen LogP contribution in [0.15, 0.2) is 29.3 Å². The highest BCUT2D eigenvalue weighted by Crippen LogP contribution is 2.14. The van der Waals surface area contributed by atoms with E-state index in [1.165, 1.54) is 10.9 Å². The van der Waals surface area contributed by atoms with E-state index in [2.05, 4.69) is 4.98 Å². The lowest BCUT2D eigenvalue weighted by Crippen LogP contribution is -2.53. The number of hydrogen-bond acceptors (Lipinski definition) is 6. The van der Waals surface area contributed by atoms with Gasteiger partial charge in [0.25, 0.3) is 5.56 Å². The number of benzene rings is 1. The molecular formula is C22H25N5O5. The summed E-state index contributed by atoms with van der Waals surface area (Å²) in [7, 11) is 0. The second kappa shape index (κ2) is 8.89. The number of aromatic nitrogens is 2. The van der Waals surface area contributed by atoms with E-state index in [0.29, 0.717) is 37.1 Å². The molecule has 10 nitrogen and oxygen atoms in total. The van der Waals surface area contributed by atoms with E-state index in [4.69, 9.17) is 0 Å². The van der Waals surface area contributed by atoms with Crippen LogP contribution in [0.25, 0.3) is 10.9 Å². The minimum Gasteiger partial charge on any atom is -0.339 e. The molecule has 0 spiro atoms. The Hall–Kier alpha value is -3.56. The Morgan fingerprint density at radius 3 is 2.22 bits per heavy atom. The summed E-state index contributed by atoms with van der Waals surface area (Å²) in [4.78, 5) is 69.7. The van der Waals surface area contributed by atoms with Crippen molar-refractivity contribution in [3.8, 4) is 0 Å². The van der Waals surface area contributed by atoms with Gasteiger partial charge in [0.15, 0.2) is 0 Å². The molecule has 4 amide bonds. The fourth-order valence-electron chi connectivity index (χ4n) is 4.11. The first-order chi connectivity index (χ1) is 15.3. The number of imide groups is 1. The zero-order chi connectivity index (χ0) is 22.8. The molecule has 0 N–H and O–H groups in total. The van der Waals surface area contributed by atoms with Crippen LogP contribution in [0.1, 0.15) is 24.8 Å². The number of para-hydroxylation sites is 1. The van der Waals surface area contributed by atoms with Crippen LogP contribution in [0, 0.1) is 6.92 Å². The number of aryl methyl sites for hydroxylation is 2. The number of amides is 4. The molecule has 10 heteroatoms. The van der Waals surface area contributed by atoms with Gasteiger partial charge in [-0.3, -0.25) is 33.4 Å². The molecule has 2 aliphatic rings. The SMILES string of the molecule is Cc1cccc2c(=O)n(CCC(=O)N3CCN(C(=O)CN4C(=O)CCC4=O)CC3)cnc12. The van der Waals surface area contributed by atoms with Crippen molar-refractivity contribution in [2.75, 3.05) is 32.7 Å². The van der Waals surface area contributed by atoms with E-state index in [-0.39, 0.29) is 61.5 Å². The first-order valence-corrected chi connectivity index (χ1v) is 10.7. The Morgan fingerprint density at radius 2 is 1.56 bits per heavy atom. The van der Waals surface area contributed by atoms with Crippen molar-refractivity contribution in [2.24, 2.45) is 0 Å². The maximum Gasteiger partial charge on any atom is 0.261 e. The van der Waals surface area contributed by atoms with Gasteiger partial charge in [0.2, 0.25) is 23.6 Å². The van der Waals surface area contributed by atoms with Gasteiger partial charge in [-0.15, -0.1) is 0 Å². The fourth-order valence-corrected chi connectivity index (χ4v) is 4.11. The number of hydrogen-bond donors (Lipinski definition) is 0. The molecule has 1 aromatic carbocycles. The first-order valence-electron chi connectivity index (χ1n) is 10.7. The third-order valence-corrected chi connectivity index (χ3v) is 6.06. The number of fused-ring (bicyclic) bond motifs is 1. The smallest absolute Gasteiger partial charge is 0.261 e. The van der Waals surface area contributed by atoms with Crippen LogP contribution in [0.4, 0.5) is 0 Å². The third-order valence-electron chi connectivity index (χ3n) is 6.06. The van der Waals surface area contributed by atoms with Gasteiger partial charge in [-0.05, 0) is 18.6 Å². The molecule has 0 radical (unpaired) electrons. The molecule has 0 saturated carbocycles. The number of rotatable bonds is 5. The summed E-state index contributed by atoms with van der Waals surface area (Å²) >= 11 is 0. The van der Waals surface area contributed by atoms with Crippen molar-refractivity contribution >= 4 is 34.5 Å². The molecule has 3 heterocycles. The number of likely N-dealkylation sites (tertiary alicyclic amines) is 1. The lowest BCUT2D eigenvalue weighted by atomic mass is 10.1. The Labute approximate surface area is 184 Å². The molecular weight excluding hydrogens is 414 g/mol. The highest BCUT2D eigenvalue weighted by atomic mass is 16.2. The molecule has 0 unspecified atom stereocenters.